The van der Waals surface area contributed by atoms with Gasteiger partial charge in [0.15, 0.2) is 0 Å². The minimum atomic E-state index is -0.359. The maximum absolute atomic E-state index is 11.9. The van der Waals surface area contributed by atoms with E-state index in [1.807, 2.05) is 66.7 Å². The second-order valence-corrected chi connectivity index (χ2v) is 4.79. The number of halogens is 1. The van der Waals surface area contributed by atoms with Crippen LogP contribution in [0.25, 0.3) is 11.6 Å². The molecule has 0 heterocycles. The third kappa shape index (κ3) is 4.33. The normalized spacial score (nSPS) is 11.6. The van der Waals surface area contributed by atoms with Gasteiger partial charge in [-0.1, -0.05) is 66.2 Å². The van der Waals surface area contributed by atoms with Gasteiger partial charge in [-0.2, -0.15) is 0 Å². The molecule has 0 radical (unpaired) electrons. The molecular weight excluding hydrogens is 284 g/mol. The van der Waals surface area contributed by atoms with Crippen molar-refractivity contribution in [3.8, 4) is 0 Å². The van der Waals surface area contributed by atoms with Crippen molar-refractivity contribution >= 4 is 29.2 Å². The molecule has 0 aliphatic carbocycles. The Morgan fingerprint density at radius 2 is 1.71 bits per heavy atom. The predicted octanol–water partition coefficient (Wildman–Crippen LogP) is 4.61. The molecule has 0 fully saturated rings. The Balaban J connectivity index is 2.25. The fourth-order valence-electron chi connectivity index (χ4n) is 1.84. The first-order valence-corrected chi connectivity index (χ1v) is 6.86. The van der Waals surface area contributed by atoms with Crippen LogP contribution in [0.1, 0.15) is 11.1 Å². The topological polar surface area (TPSA) is 26.3 Å². The maximum atomic E-state index is 11.9. The second-order valence-electron chi connectivity index (χ2n) is 4.35. The Morgan fingerprint density at radius 1 is 1.05 bits per heavy atom. The molecule has 0 N–H and O–H groups in total. The molecule has 3 heteroatoms. The molecule has 106 valence electrons. The number of benzene rings is 2. The number of esters is 1. The zero-order valence-electron chi connectivity index (χ0n) is 11.6. The molecule has 2 aromatic carbocycles. The summed E-state index contributed by atoms with van der Waals surface area (Å²) in [6, 6.07) is 16.9. The van der Waals surface area contributed by atoms with Crippen molar-refractivity contribution in [3.05, 3.63) is 82.9 Å². The second kappa shape index (κ2) is 7.46. The van der Waals surface area contributed by atoms with Gasteiger partial charge in [-0.15, -0.1) is 0 Å². The Bertz CT molecular complexity index is 655. The van der Waals surface area contributed by atoms with Crippen LogP contribution in [0.5, 0.6) is 0 Å². The fourth-order valence-corrected chi connectivity index (χ4v) is 1.97. The first kappa shape index (κ1) is 15.1. The SMILES string of the molecule is COC(=O)/C(=C/C=C/c1ccc(Cl)cc1)c1ccccc1. The van der Waals surface area contributed by atoms with E-state index in [2.05, 4.69) is 0 Å². The van der Waals surface area contributed by atoms with Crippen LogP contribution in [-0.4, -0.2) is 13.1 Å². The summed E-state index contributed by atoms with van der Waals surface area (Å²) in [5.41, 5.74) is 2.35. The van der Waals surface area contributed by atoms with Crippen LogP contribution in [0.4, 0.5) is 0 Å². The quantitative estimate of drug-likeness (QED) is 0.468. The average molecular weight is 299 g/mol. The minimum absolute atomic E-state index is 0.359. The van der Waals surface area contributed by atoms with Crippen LogP contribution in [0.15, 0.2) is 66.7 Å². The number of rotatable bonds is 4. The molecule has 21 heavy (non-hydrogen) atoms. The average Bonchev–Trinajstić information content (AvgIpc) is 2.53. The summed E-state index contributed by atoms with van der Waals surface area (Å²) in [6.45, 7) is 0. The third-order valence-electron chi connectivity index (χ3n) is 2.91. The lowest BCUT2D eigenvalue weighted by molar-refractivity contribution is -0.133. The van der Waals surface area contributed by atoms with Crippen molar-refractivity contribution in [1.29, 1.82) is 0 Å². The first-order chi connectivity index (χ1) is 10.2. The van der Waals surface area contributed by atoms with E-state index >= 15 is 0 Å². The predicted molar refractivity (Wildman–Crippen MR) is 86.9 cm³/mol. The number of ether oxygens (including phenoxy) is 1. The molecule has 2 aromatic rings. The van der Waals surface area contributed by atoms with Crippen molar-refractivity contribution < 1.29 is 9.53 Å². The molecule has 0 aliphatic heterocycles. The van der Waals surface area contributed by atoms with Gasteiger partial charge in [-0.3, -0.25) is 0 Å². The number of carbonyl (C=O) groups excluding carboxylic acids is 1. The molecule has 0 aromatic heterocycles. The largest absolute Gasteiger partial charge is 0.465 e. The molecule has 0 saturated carbocycles. The maximum Gasteiger partial charge on any atom is 0.338 e. The van der Waals surface area contributed by atoms with Gasteiger partial charge in [0.25, 0.3) is 0 Å². The highest BCUT2D eigenvalue weighted by atomic mass is 35.5. The van der Waals surface area contributed by atoms with Gasteiger partial charge < -0.3 is 4.74 Å². The fraction of sp³-hybridized carbons (Fsp3) is 0.0556. The summed E-state index contributed by atoms with van der Waals surface area (Å²) in [5.74, 6) is -0.359. The number of hydrogen-bond donors (Lipinski definition) is 0. The summed E-state index contributed by atoms with van der Waals surface area (Å²) in [7, 11) is 1.38. The number of allylic oxidation sites excluding steroid dienone is 2. The van der Waals surface area contributed by atoms with E-state index in [4.69, 9.17) is 16.3 Å². The van der Waals surface area contributed by atoms with Crippen molar-refractivity contribution in [1.82, 2.24) is 0 Å². The smallest absolute Gasteiger partial charge is 0.338 e. The molecule has 0 atom stereocenters. The van der Waals surface area contributed by atoms with Crippen molar-refractivity contribution in [2.75, 3.05) is 7.11 Å². The van der Waals surface area contributed by atoms with Gasteiger partial charge in [0, 0.05) is 5.02 Å². The molecule has 0 unspecified atom stereocenters. The van der Waals surface area contributed by atoms with E-state index < -0.39 is 0 Å². The van der Waals surface area contributed by atoms with Crippen LogP contribution in [0.2, 0.25) is 5.02 Å². The van der Waals surface area contributed by atoms with Gasteiger partial charge in [-0.05, 0) is 29.3 Å². The standard InChI is InChI=1S/C18H15ClO2/c1-21-18(20)17(15-7-3-2-4-8-15)9-5-6-14-10-12-16(19)13-11-14/h2-13H,1H3/b6-5+,17-9+. The molecule has 0 saturated heterocycles. The van der Waals surface area contributed by atoms with Crippen LogP contribution in [0, 0.1) is 0 Å². The van der Waals surface area contributed by atoms with Crippen molar-refractivity contribution in [2.24, 2.45) is 0 Å². The van der Waals surface area contributed by atoms with Gasteiger partial charge in [-0.25, -0.2) is 4.79 Å². The van der Waals surface area contributed by atoms with E-state index in [-0.39, 0.29) is 5.97 Å². The number of methoxy groups -OCH3 is 1. The lowest BCUT2D eigenvalue weighted by Crippen LogP contribution is -2.03. The lowest BCUT2D eigenvalue weighted by atomic mass is 10.1. The summed E-state index contributed by atoms with van der Waals surface area (Å²) in [6.07, 6.45) is 5.47. The first-order valence-electron chi connectivity index (χ1n) is 6.48. The molecule has 0 bridgehead atoms. The van der Waals surface area contributed by atoms with Crippen LogP contribution < -0.4 is 0 Å². The summed E-state index contributed by atoms with van der Waals surface area (Å²) < 4.78 is 4.83. The highest BCUT2D eigenvalue weighted by molar-refractivity contribution is 6.30. The van der Waals surface area contributed by atoms with Crippen molar-refractivity contribution in [2.45, 2.75) is 0 Å². The van der Waals surface area contributed by atoms with Crippen LogP contribution >= 0.6 is 11.6 Å². The summed E-state index contributed by atoms with van der Waals surface area (Å²) >= 11 is 5.84. The molecular formula is C18H15ClO2. The van der Waals surface area contributed by atoms with E-state index in [1.54, 1.807) is 6.08 Å². The van der Waals surface area contributed by atoms with E-state index in [1.165, 1.54) is 7.11 Å². The summed E-state index contributed by atoms with van der Waals surface area (Å²) in [4.78, 5) is 11.9. The number of hydrogen-bond acceptors (Lipinski definition) is 2. The highest BCUT2D eigenvalue weighted by Gasteiger charge is 2.10. The Morgan fingerprint density at radius 3 is 2.33 bits per heavy atom. The van der Waals surface area contributed by atoms with Crippen molar-refractivity contribution in [3.63, 3.8) is 0 Å². The Hall–Kier alpha value is -2.32. The van der Waals surface area contributed by atoms with Crippen LogP contribution in [0.3, 0.4) is 0 Å². The zero-order valence-corrected chi connectivity index (χ0v) is 12.4. The van der Waals surface area contributed by atoms with Crippen LogP contribution in [-0.2, 0) is 9.53 Å². The molecule has 2 rings (SSSR count). The monoisotopic (exact) mass is 298 g/mol. The minimum Gasteiger partial charge on any atom is -0.465 e. The van der Waals surface area contributed by atoms with E-state index in [0.29, 0.717) is 10.6 Å². The third-order valence-corrected chi connectivity index (χ3v) is 3.16. The van der Waals surface area contributed by atoms with Gasteiger partial charge >= 0.3 is 5.97 Å². The lowest BCUT2D eigenvalue weighted by Gasteiger charge is -2.04. The molecule has 0 spiro atoms. The molecule has 0 amide bonds. The highest BCUT2D eigenvalue weighted by Crippen LogP contribution is 2.16. The van der Waals surface area contributed by atoms with E-state index in [9.17, 15) is 4.79 Å². The van der Waals surface area contributed by atoms with E-state index in [0.717, 1.165) is 11.1 Å². The number of carbonyl (C=O) groups is 1. The Labute approximate surface area is 129 Å². The molecule has 2 nitrogen and oxygen atoms in total. The summed E-state index contributed by atoms with van der Waals surface area (Å²) in [5, 5.41) is 0.697. The molecule has 0 aliphatic rings. The van der Waals surface area contributed by atoms with Gasteiger partial charge in [0.2, 0.25) is 0 Å². The van der Waals surface area contributed by atoms with Gasteiger partial charge in [0.1, 0.15) is 0 Å². The Kier molecular flexibility index (Phi) is 5.35. The zero-order chi connectivity index (χ0) is 15.1. The van der Waals surface area contributed by atoms with Gasteiger partial charge in [0.05, 0.1) is 12.7 Å².